The summed E-state index contributed by atoms with van der Waals surface area (Å²) >= 11 is 0. The van der Waals surface area contributed by atoms with Gasteiger partial charge in [0.15, 0.2) is 5.75 Å². The largest absolute Gasteiger partial charge is 0.491 e. The zero-order valence-electron chi connectivity index (χ0n) is 38.7. The lowest BCUT2D eigenvalue weighted by atomic mass is 9.85. The molecule has 4 N–H and O–H groups in total. The van der Waals surface area contributed by atoms with E-state index in [0.29, 0.717) is 55.8 Å². The van der Waals surface area contributed by atoms with Crippen LogP contribution in [0.3, 0.4) is 0 Å². The van der Waals surface area contributed by atoms with Gasteiger partial charge in [0.2, 0.25) is 5.91 Å². The van der Waals surface area contributed by atoms with Crippen LogP contribution >= 0.6 is 0 Å². The third-order valence-electron chi connectivity index (χ3n) is 10.8. The number of aliphatic imine (C=N–C) groups is 1. The van der Waals surface area contributed by atoms with Crippen molar-refractivity contribution in [1.82, 2.24) is 5.32 Å². The van der Waals surface area contributed by atoms with E-state index < -0.39 is 22.3 Å². The minimum atomic E-state index is -0.585. The van der Waals surface area contributed by atoms with Crippen molar-refractivity contribution in [3.63, 3.8) is 0 Å². The van der Waals surface area contributed by atoms with E-state index in [1.54, 1.807) is 24.3 Å². The number of carbonyl (C=O) groups excluding carboxylic acids is 4. The van der Waals surface area contributed by atoms with E-state index >= 15 is 0 Å². The molecular formula is C50H60N6O10. The first kappa shape index (κ1) is 48.6. The van der Waals surface area contributed by atoms with Gasteiger partial charge in [0.05, 0.1) is 48.3 Å². The van der Waals surface area contributed by atoms with Gasteiger partial charge in [0.25, 0.3) is 17.7 Å². The zero-order valence-corrected chi connectivity index (χ0v) is 38.7. The Kier molecular flexibility index (Phi) is 16.2. The number of amides is 4. The van der Waals surface area contributed by atoms with Crippen LogP contribution in [-0.4, -0.2) is 72.8 Å². The van der Waals surface area contributed by atoms with Crippen molar-refractivity contribution < 1.29 is 43.0 Å². The molecule has 0 unspecified atom stereocenters. The Morgan fingerprint density at radius 3 is 1.82 bits per heavy atom. The van der Waals surface area contributed by atoms with Crippen LogP contribution in [0.1, 0.15) is 116 Å². The molecule has 2 aliphatic rings. The fourth-order valence-corrected chi connectivity index (χ4v) is 7.35. The molecule has 4 aromatic rings. The van der Waals surface area contributed by atoms with Crippen LogP contribution < -0.4 is 35.5 Å². The highest BCUT2D eigenvalue weighted by Crippen LogP contribution is 2.33. The quantitative estimate of drug-likeness (QED) is 0.0398. The van der Waals surface area contributed by atoms with Gasteiger partial charge in [-0.3, -0.25) is 34.3 Å². The third-order valence-corrected chi connectivity index (χ3v) is 10.8. The Morgan fingerprint density at radius 1 is 0.697 bits per heavy atom. The topological polar surface area (TPSA) is 209 Å². The highest BCUT2D eigenvalue weighted by atomic mass is 16.6. The maximum absolute atomic E-state index is 13.8. The third kappa shape index (κ3) is 13.4. The molecule has 0 spiro atoms. The highest BCUT2D eigenvalue weighted by Gasteiger charge is 2.29. The summed E-state index contributed by atoms with van der Waals surface area (Å²) in [5.74, 6) is -0.827. The first-order valence-electron chi connectivity index (χ1n) is 22.4. The summed E-state index contributed by atoms with van der Waals surface area (Å²) < 4.78 is 23.5. The molecule has 1 fully saturated rings. The molecule has 0 aromatic heterocycles. The molecule has 66 heavy (non-hydrogen) atoms. The Labute approximate surface area is 385 Å². The van der Waals surface area contributed by atoms with Crippen LogP contribution in [-0.2, 0) is 16.1 Å². The van der Waals surface area contributed by atoms with Crippen LogP contribution in [0.2, 0.25) is 0 Å². The summed E-state index contributed by atoms with van der Waals surface area (Å²) in [6.07, 6.45) is 4.40. The van der Waals surface area contributed by atoms with E-state index in [1.165, 1.54) is 30.3 Å². The van der Waals surface area contributed by atoms with E-state index in [-0.39, 0.29) is 89.4 Å². The van der Waals surface area contributed by atoms with Crippen LogP contribution in [0.5, 0.6) is 17.2 Å². The van der Waals surface area contributed by atoms with Crippen LogP contribution in [0.15, 0.2) is 77.8 Å². The van der Waals surface area contributed by atoms with Crippen LogP contribution in [0.25, 0.3) is 0 Å². The van der Waals surface area contributed by atoms with Crippen LogP contribution in [0, 0.1) is 27.9 Å². The molecule has 1 aliphatic carbocycles. The van der Waals surface area contributed by atoms with Gasteiger partial charge in [-0.1, -0.05) is 39.8 Å². The molecule has 0 bridgehead atoms. The Hall–Kier alpha value is -6.81. The number of benzene rings is 4. The van der Waals surface area contributed by atoms with Crippen molar-refractivity contribution in [2.24, 2.45) is 22.7 Å². The molecule has 0 atom stereocenters. The van der Waals surface area contributed by atoms with Gasteiger partial charge in [0.1, 0.15) is 18.1 Å². The average molecular weight is 905 g/mol. The molecule has 0 saturated heterocycles. The molecule has 1 heterocycles. The molecule has 16 nitrogen and oxygen atoms in total. The van der Waals surface area contributed by atoms with Crippen molar-refractivity contribution in [2.45, 2.75) is 92.3 Å². The van der Waals surface area contributed by atoms with E-state index in [1.807, 2.05) is 72.9 Å². The van der Waals surface area contributed by atoms with Crippen molar-refractivity contribution in [3.8, 4) is 17.2 Å². The van der Waals surface area contributed by atoms with Gasteiger partial charge in [0, 0.05) is 58.2 Å². The monoisotopic (exact) mass is 904 g/mol. The second kappa shape index (κ2) is 21.9. The average Bonchev–Trinajstić information content (AvgIpc) is 3.77. The first-order valence-corrected chi connectivity index (χ1v) is 22.4. The number of carbonyl (C=O) groups is 4. The second-order valence-corrected chi connectivity index (χ2v) is 18.3. The fraction of sp³-hybridized carbons (Fsp3) is 0.420. The lowest BCUT2D eigenvalue weighted by Gasteiger charge is -2.28. The normalized spacial score (nSPS) is 15.5. The molecule has 4 aromatic carbocycles. The van der Waals surface area contributed by atoms with Gasteiger partial charge in [-0.2, -0.15) is 0 Å². The summed E-state index contributed by atoms with van der Waals surface area (Å²) in [6, 6.07) is 19.0. The number of hydrogen-bond acceptors (Lipinski definition) is 11. The number of nitrogens with one attached hydrogen (secondary N) is 4. The SMILES string of the molecule is CC(C)COc1cc(C(=O)Nc2ccc(C(=O)NC3CCC(C(=O)Nc4cccc5c4CN=C5)CC3)cc2OCC(C)C)ccc1NC(=O)c1ccc([N+](=O)[O-])c(OCCOC(C)(C)C)c1. The summed E-state index contributed by atoms with van der Waals surface area (Å²) in [5, 5.41) is 23.7. The standard InChI is InChI=1S/C50H60N6O10/c1-30(2)28-64-43-23-33(47(58)52-37-16-11-32(12-17-37)46(57)53-39-10-8-9-36-26-51-27-38(36)39)13-18-40(43)54-48(59)34-14-19-41(44(24-34)65-29-31(3)4)55-49(60)35-15-20-42(56(61)62)45(25-35)63-21-22-66-50(5,6)7/h8-10,13-15,18-20,23-26,30-32,37H,11-12,16-17,21-22,27-29H2,1-7H3,(H,52,58)(H,53,57)(H,54,59)(H,55,60). The predicted molar refractivity (Wildman–Crippen MR) is 253 cm³/mol. The Morgan fingerprint density at radius 2 is 1.26 bits per heavy atom. The highest BCUT2D eigenvalue weighted by molar-refractivity contribution is 6.08. The summed E-state index contributed by atoms with van der Waals surface area (Å²) in [6.45, 7) is 14.9. The van der Waals surface area contributed by atoms with Gasteiger partial charge in [-0.25, -0.2) is 0 Å². The Balaban J connectivity index is 1.11. The molecule has 1 aliphatic heterocycles. The number of hydrogen-bond donors (Lipinski definition) is 4. The molecule has 1 saturated carbocycles. The van der Waals surface area contributed by atoms with Gasteiger partial charge in [-0.15, -0.1) is 0 Å². The van der Waals surface area contributed by atoms with E-state index in [0.717, 1.165) is 16.8 Å². The smallest absolute Gasteiger partial charge is 0.310 e. The number of nitrogens with zero attached hydrogens (tertiary/aromatic N) is 2. The Bertz CT molecular complexity index is 2450. The lowest BCUT2D eigenvalue weighted by Crippen LogP contribution is -2.39. The van der Waals surface area contributed by atoms with Gasteiger partial charge < -0.3 is 40.2 Å². The number of rotatable bonds is 19. The van der Waals surface area contributed by atoms with Crippen LogP contribution in [0.4, 0.5) is 22.7 Å². The molecule has 6 rings (SSSR count). The zero-order chi connectivity index (χ0) is 47.5. The predicted octanol–water partition coefficient (Wildman–Crippen LogP) is 9.22. The molecule has 16 heteroatoms. The summed E-state index contributed by atoms with van der Waals surface area (Å²) in [4.78, 5) is 69.7. The second-order valence-electron chi connectivity index (χ2n) is 18.3. The lowest BCUT2D eigenvalue weighted by molar-refractivity contribution is -0.385. The van der Waals surface area contributed by atoms with Crippen molar-refractivity contribution in [1.29, 1.82) is 0 Å². The maximum atomic E-state index is 13.8. The van der Waals surface area contributed by atoms with E-state index in [4.69, 9.17) is 18.9 Å². The maximum Gasteiger partial charge on any atom is 0.310 e. The summed E-state index contributed by atoms with van der Waals surface area (Å²) in [7, 11) is 0. The van der Waals surface area contributed by atoms with Crippen molar-refractivity contribution in [2.75, 3.05) is 42.4 Å². The molecular weight excluding hydrogens is 845 g/mol. The van der Waals surface area contributed by atoms with E-state index in [2.05, 4.69) is 26.3 Å². The first-order chi connectivity index (χ1) is 31.4. The van der Waals surface area contributed by atoms with Crippen molar-refractivity contribution >= 4 is 52.6 Å². The van der Waals surface area contributed by atoms with Gasteiger partial charge >= 0.3 is 5.69 Å². The molecule has 350 valence electrons. The fourth-order valence-electron chi connectivity index (χ4n) is 7.35. The molecule has 0 radical (unpaired) electrons. The minimum absolute atomic E-state index is 0.0229. The number of nitro benzene ring substituents is 1. The van der Waals surface area contributed by atoms with Gasteiger partial charge in [-0.05, 0) is 112 Å². The molecule has 4 amide bonds. The number of nitro groups is 1. The number of ether oxygens (including phenoxy) is 4. The summed E-state index contributed by atoms with van der Waals surface area (Å²) in [5.41, 5.74) is 3.42. The van der Waals surface area contributed by atoms with E-state index in [9.17, 15) is 29.3 Å². The van der Waals surface area contributed by atoms with Crippen molar-refractivity contribution in [3.05, 3.63) is 111 Å². The number of anilines is 3. The number of fused-ring (bicyclic) bond motifs is 1. The minimum Gasteiger partial charge on any atom is -0.491 e.